The maximum Gasteiger partial charge on any atom is 0.323 e. The molecular formula is C16H13FN2O2. The van der Waals surface area contributed by atoms with Crippen molar-refractivity contribution in [2.75, 3.05) is 11.4 Å². The topological polar surface area (TPSA) is 64.3 Å². The van der Waals surface area contributed by atoms with Crippen LogP contribution >= 0.6 is 0 Å². The molecule has 0 bridgehead atoms. The van der Waals surface area contributed by atoms with Gasteiger partial charge in [0.1, 0.15) is 18.4 Å². The Balaban J connectivity index is 2.32. The van der Waals surface area contributed by atoms with Crippen LogP contribution in [0.5, 0.6) is 0 Å². The number of carboxylic acids is 1. The summed E-state index contributed by atoms with van der Waals surface area (Å²) in [6.07, 6.45) is 0. The summed E-state index contributed by atoms with van der Waals surface area (Å²) < 4.78 is 14.1. The highest BCUT2D eigenvalue weighted by molar-refractivity contribution is 5.73. The zero-order chi connectivity index (χ0) is 15.2. The first-order valence-electron chi connectivity index (χ1n) is 6.31. The molecule has 0 aliphatic heterocycles. The molecule has 0 saturated carbocycles. The number of hydrogen-bond acceptors (Lipinski definition) is 3. The lowest BCUT2D eigenvalue weighted by molar-refractivity contribution is -0.135. The van der Waals surface area contributed by atoms with Gasteiger partial charge in [0.05, 0.1) is 5.56 Å². The Labute approximate surface area is 121 Å². The first kappa shape index (κ1) is 14.5. The van der Waals surface area contributed by atoms with E-state index in [1.807, 2.05) is 6.07 Å². The van der Waals surface area contributed by atoms with Crippen molar-refractivity contribution >= 4 is 11.7 Å². The number of carboxylic acid groups (broad SMARTS) is 1. The summed E-state index contributed by atoms with van der Waals surface area (Å²) in [6.45, 7) is -0.169. The maximum absolute atomic E-state index is 14.1. The lowest BCUT2D eigenvalue weighted by Crippen LogP contribution is -2.29. The molecule has 0 aliphatic rings. The molecule has 2 aromatic carbocycles. The highest BCUT2D eigenvalue weighted by atomic mass is 19.1. The first-order valence-corrected chi connectivity index (χ1v) is 6.31. The number of anilines is 1. The standard InChI is InChI=1S/C16H13FN2O2/c17-16-12(9-18)5-4-6-13(16)10-19(11-15(20)21)14-7-2-1-3-8-14/h1-8H,10-11H2,(H,20,21). The van der Waals surface area contributed by atoms with Crippen molar-refractivity contribution in [2.24, 2.45) is 0 Å². The van der Waals surface area contributed by atoms with E-state index in [1.54, 1.807) is 47.4 Å². The van der Waals surface area contributed by atoms with Crippen molar-refractivity contribution in [1.82, 2.24) is 0 Å². The molecule has 1 N–H and O–H groups in total. The number of benzene rings is 2. The van der Waals surface area contributed by atoms with Gasteiger partial charge in [-0.3, -0.25) is 4.79 Å². The number of rotatable bonds is 5. The molecule has 2 aromatic rings. The highest BCUT2D eigenvalue weighted by Gasteiger charge is 2.15. The summed E-state index contributed by atoms with van der Waals surface area (Å²) in [6, 6.07) is 15.2. The van der Waals surface area contributed by atoms with E-state index in [-0.39, 0.29) is 18.7 Å². The second-order valence-corrected chi connectivity index (χ2v) is 4.48. The minimum absolute atomic E-state index is 0.0455. The highest BCUT2D eigenvalue weighted by Crippen LogP contribution is 2.19. The van der Waals surface area contributed by atoms with E-state index in [0.29, 0.717) is 11.3 Å². The van der Waals surface area contributed by atoms with Gasteiger partial charge >= 0.3 is 5.97 Å². The van der Waals surface area contributed by atoms with E-state index >= 15 is 0 Å². The molecule has 0 radical (unpaired) electrons. The summed E-state index contributed by atoms with van der Waals surface area (Å²) in [4.78, 5) is 12.5. The molecule has 4 nitrogen and oxygen atoms in total. The fourth-order valence-electron chi connectivity index (χ4n) is 2.03. The number of aliphatic carboxylic acids is 1. The largest absolute Gasteiger partial charge is 0.480 e. The van der Waals surface area contributed by atoms with Crippen LogP contribution in [0.15, 0.2) is 48.5 Å². The minimum Gasteiger partial charge on any atom is -0.480 e. The third-order valence-electron chi connectivity index (χ3n) is 3.01. The Bertz CT molecular complexity index is 680. The summed E-state index contributed by atoms with van der Waals surface area (Å²) >= 11 is 0. The summed E-state index contributed by atoms with van der Waals surface area (Å²) in [5, 5.41) is 17.8. The number of carbonyl (C=O) groups is 1. The van der Waals surface area contributed by atoms with Gasteiger partial charge in [-0.2, -0.15) is 5.26 Å². The molecule has 0 unspecified atom stereocenters. The van der Waals surface area contributed by atoms with Crippen molar-refractivity contribution in [3.05, 3.63) is 65.5 Å². The average molecular weight is 284 g/mol. The zero-order valence-electron chi connectivity index (χ0n) is 11.2. The fourth-order valence-corrected chi connectivity index (χ4v) is 2.03. The van der Waals surface area contributed by atoms with Crippen molar-refractivity contribution in [3.63, 3.8) is 0 Å². The van der Waals surface area contributed by atoms with Gasteiger partial charge in [0, 0.05) is 17.8 Å². The van der Waals surface area contributed by atoms with Gasteiger partial charge in [-0.25, -0.2) is 4.39 Å². The Hall–Kier alpha value is -2.87. The van der Waals surface area contributed by atoms with Crippen LogP contribution in [0.2, 0.25) is 0 Å². The van der Waals surface area contributed by atoms with Crippen molar-refractivity contribution in [3.8, 4) is 6.07 Å². The second kappa shape index (κ2) is 6.53. The van der Waals surface area contributed by atoms with Crippen LogP contribution in [0.25, 0.3) is 0 Å². The molecule has 106 valence electrons. The average Bonchev–Trinajstić information content (AvgIpc) is 2.49. The predicted octanol–water partition coefficient (Wildman–Crippen LogP) is 2.79. The molecular weight excluding hydrogens is 271 g/mol. The van der Waals surface area contributed by atoms with Gasteiger partial charge < -0.3 is 10.0 Å². The molecule has 0 aromatic heterocycles. The molecule has 5 heteroatoms. The predicted molar refractivity (Wildman–Crippen MR) is 76.2 cm³/mol. The smallest absolute Gasteiger partial charge is 0.323 e. The summed E-state index contributed by atoms with van der Waals surface area (Å²) in [7, 11) is 0. The third-order valence-corrected chi connectivity index (χ3v) is 3.01. The van der Waals surface area contributed by atoms with E-state index in [4.69, 9.17) is 10.4 Å². The lowest BCUT2D eigenvalue weighted by atomic mass is 10.1. The third kappa shape index (κ3) is 3.57. The van der Waals surface area contributed by atoms with Crippen molar-refractivity contribution in [2.45, 2.75) is 6.54 Å². The number of nitrogens with zero attached hydrogens (tertiary/aromatic N) is 2. The van der Waals surface area contributed by atoms with Crippen LogP contribution < -0.4 is 4.90 Å². The van der Waals surface area contributed by atoms with Crippen LogP contribution in [0.3, 0.4) is 0 Å². The molecule has 0 spiro atoms. The number of hydrogen-bond donors (Lipinski definition) is 1. The quantitative estimate of drug-likeness (QED) is 0.917. The Kier molecular flexibility index (Phi) is 4.52. The SMILES string of the molecule is N#Cc1cccc(CN(CC(=O)O)c2ccccc2)c1F. The Morgan fingerprint density at radius 1 is 1.19 bits per heavy atom. The number of para-hydroxylation sites is 1. The molecule has 0 aliphatic carbocycles. The summed E-state index contributed by atoms with van der Waals surface area (Å²) in [5.41, 5.74) is 0.927. The monoisotopic (exact) mass is 284 g/mol. The molecule has 0 heterocycles. The first-order chi connectivity index (χ1) is 10.1. The minimum atomic E-state index is -1.00. The fraction of sp³-hybridized carbons (Fsp3) is 0.125. The molecule has 21 heavy (non-hydrogen) atoms. The van der Waals surface area contributed by atoms with Crippen LogP contribution in [0.4, 0.5) is 10.1 Å². The lowest BCUT2D eigenvalue weighted by Gasteiger charge is -2.23. The van der Waals surface area contributed by atoms with Crippen LogP contribution in [-0.4, -0.2) is 17.6 Å². The van der Waals surface area contributed by atoms with Crippen molar-refractivity contribution in [1.29, 1.82) is 5.26 Å². The van der Waals surface area contributed by atoms with Crippen LogP contribution in [-0.2, 0) is 11.3 Å². The molecule has 0 atom stereocenters. The van der Waals surface area contributed by atoms with Crippen molar-refractivity contribution < 1.29 is 14.3 Å². The van der Waals surface area contributed by atoms with E-state index in [1.165, 1.54) is 6.07 Å². The van der Waals surface area contributed by atoms with E-state index in [9.17, 15) is 9.18 Å². The van der Waals surface area contributed by atoms with E-state index in [2.05, 4.69) is 0 Å². The van der Waals surface area contributed by atoms with E-state index < -0.39 is 11.8 Å². The van der Waals surface area contributed by atoms with Gasteiger partial charge in [0.15, 0.2) is 0 Å². The van der Waals surface area contributed by atoms with Crippen LogP contribution in [0, 0.1) is 17.1 Å². The normalized spacial score (nSPS) is 9.90. The van der Waals surface area contributed by atoms with Crippen LogP contribution in [0.1, 0.15) is 11.1 Å². The molecule has 0 fully saturated rings. The van der Waals surface area contributed by atoms with Gasteiger partial charge in [0.2, 0.25) is 0 Å². The van der Waals surface area contributed by atoms with Gasteiger partial charge in [-0.15, -0.1) is 0 Å². The Morgan fingerprint density at radius 2 is 1.90 bits per heavy atom. The number of halogens is 1. The van der Waals surface area contributed by atoms with E-state index in [0.717, 1.165) is 0 Å². The molecule has 0 saturated heterocycles. The van der Waals surface area contributed by atoms with Gasteiger partial charge in [-0.05, 0) is 18.2 Å². The maximum atomic E-state index is 14.1. The Morgan fingerprint density at radius 3 is 2.52 bits per heavy atom. The molecule has 0 amide bonds. The molecule has 2 rings (SSSR count). The number of nitriles is 1. The summed E-state index contributed by atoms with van der Waals surface area (Å²) in [5.74, 6) is -1.61. The van der Waals surface area contributed by atoms with Gasteiger partial charge in [-0.1, -0.05) is 30.3 Å². The zero-order valence-corrected chi connectivity index (χ0v) is 11.2. The second-order valence-electron chi connectivity index (χ2n) is 4.48. The van der Waals surface area contributed by atoms with Gasteiger partial charge in [0.25, 0.3) is 0 Å².